The fourth-order valence-corrected chi connectivity index (χ4v) is 3.93. The van der Waals surface area contributed by atoms with Gasteiger partial charge in [-0.05, 0) is 29.8 Å². The lowest BCUT2D eigenvalue weighted by molar-refractivity contribution is 0.641. The van der Waals surface area contributed by atoms with Gasteiger partial charge in [0.2, 0.25) is 5.95 Å². The molecule has 0 atom stereocenters. The van der Waals surface area contributed by atoms with Crippen LogP contribution in [0.4, 0.5) is 17.5 Å². The van der Waals surface area contributed by atoms with Gasteiger partial charge in [0.05, 0.1) is 5.52 Å². The van der Waals surface area contributed by atoms with Crippen LogP contribution in [-0.4, -0.2) is 36.1 Å². The summed E-state index contributed by atoms with van der Waals surface area (Å²) in [5.41, 5.74) is 3.49. The Morgan fingerprint density at radius 2 is 1.29 bits per heavy atom. The second-order valence-electron chi connectivity index (χ2n) is 7.54. The van der Waals surface area contributed by atoms with E-state index in [-0.39, 0.29) is 12.4 Å². The third-order valence-corrected chi connectivity index (χ3v) is 5.58. The summed E-state index contributed by atoms with van der Waals surface area (Å²) < 4.78 is 0. The Balaban J connectivity index is 0.00000231. The summed E-state index contributed by atoms with van der Waals surface area (Å²) in [5.74, 6) is 1.70. The van der Waals surface area contributed by atoms with E-state index in [2.05, 4.69) is 81.8 Å². The first-order valence-corrected chi connectivity index (χ1v) is 10.5. The highest BCUT2D eigenvalue weighted by Gasteiger charge is 2.20. The first-order chi connectivity index (χ1) is 14.9. The maximum Gasteiger partial charge on any atom is 0.228 e. The maximum absolute atomic E-state index is 4.92. The van der Waals surface area contributed by atoms with Crippen molar-refractivity contribution in [3.05, 3.63) is 90.5 Å². The van der Waals surface area contributed by atoms with Crippen molar-refractivity contribution in [2.45, 2.75) is 6.54 Å². The number of para-hydroxylation sites is 2. The Kier molecular flexibility index (Phi) is 6.53. The van der Waals surface area contributed by atoms with Crippen LogP contribution in [0.1, 0.15) is 5.56 Å². The Hall–Kier alpha value is -3.31. The van der Waals surface area contributed by atoms with Crippen LogP contribution in [0.5, 0.6) is 0 Å². The molecule has 0 amide bonds. The first-order valence-electron chi connectivity index (χ1n) is 10.5. The number of hydrogen-bond acceptors (Lipinski definition) is 5. The summed E-state index contributed by atoms with van der Waals surface area (Å²) >= 11 is 0. The molecular formula is C25H26ClN5. The second kappa shape index (κ2) is 9.67. The lowest BCUT2D eigenvalue weighted by atomic mass is 10.2. The molecule has 0 unspecified atom stereocenters. The van der Waals surface area contributed by atoms with Gasteiger partial charge in [-0.1, -0.05) is 60.7 Å². The molecule has 31 heavy (non-hydrogen) atoms. The topological polar surface area (TPSA) is 44.3 Å². The van der Waals surface area contributed by atoms with Crippen molar-refractivity contribution in [3.8, 4) is 0 Å². The Morgan fingerprint density at radius 1 is 0.677 bits per heavy atom. The lowest BCUT2D eigenvalue weighted by Crippen LogP contribution is -2.47. The third kappa shape index (κ3) is 4.72. The van der Waals surface area contributed by atoms with Crippen molar-refractivity contribution in [1.82, 2.24) is 9.97 Å². The molecule has 0 aliphatic carbocycles. The minimum absolute atomic E-state index is 0. The van der Waals surface area contributed by atoms with Crippen molar-refractivity contribution >= 4 is 40.8 Å². The van der Waals surface area contributed by atoms with Gasteiger partial charge in [0.25, 0.3) is 0 Å². The second-order valence-corrected chi connectivity index (χ2v) is 7.54. The number of nitrogens with zero attached hydrogens (tertiary/aromatic N) is 4. The highest BCUT2D eigenvalue weighted by Crippen LogP contribution is 2.25. The number of benzene rings is 3. The van der Waals surface area contributed by atoms with Crippen LogP contribution in [-0.2, 0) is 6.54 Å². The average molecular weight is 432 g/mol. The van der Waals surface area contributed by atoms with E-state index in [1.165, 1.54) is 11.3 Å². The zero-order valence-electron chi connectivity index (χ0n) is 17.3. The summed E-state index contributed by atoms with van der Waals surface area (Å²) in [4.78, 5) is 14.5. The van der Waals surface area contributed by atoms with Gasteiger partial charge in [-0.2, -0.15) is 4.98 Å². The largest absolute Gasteiger partial charge is 0.368 e. The molecule has 1 aliphatic heterocycles. The number of piperazine rings is 1. The average Bonchev–Trinajstić information content (AvgIpc) is 2.84. The maximum atomic E-state index is 4.92. The fraction of sp³-hybridized carbons (Fsp3) is 0.200. The van der Waals surface area contributed by atoms with Gasteiger partial charge in [0.15, 0.2) is 0 Å². The van der Waals surface area contributed by atoms with Gasteiger partial charge in [-0.15, -0.1) is 12.4 Å². The van der Waals surface area contributed by atoms with E-state index in [4.69, 9.17) is 9.97 Å². The van der Waals surface area contributed by atoms with E-state index in [0.717, 1.165) is 55.4 Å². The van der Waals surface area contributed by atoms with Crippen LogP contribution < -0.4 is 15.1 Å². The van der Waals surface area contributed by atoms with E-state index in [0.29, 0.717) is 0 Å². The highest BCUT2D eigenvalue weighted by atomic mass is 35.5. The Bertz CT molecular complexity index is 1110. The van der Waals surface area contributed by atoms with Crippen molar-refractivity contribution in [1.29, 1.82) is 0 Å². The normalized spacial score (nSPS) is 13.7. The molecule has 6 heteroatoms. The molecule has 1 aromatic heterocycles. The van der Waals surface area contributed by atoms with Crippen molar-refractivity contribution < 1.29 is 0 Å². The standard InChI is InChI=1S/C25H25N5.ClH/c1-3-9-20(10-4-1)19-26-24-22-13-7-8-14-23(22)27-25(28-24)30-17-15-29(16-18-30)21-11-5-2-6-12-21;/h1-14H,15-19H2,(H,26,27,28);1H. The lowest BCUT2D eigenvalue weighted by Gasteiger charge is -2.36. The van der Waals surface area contributed by atoms with Crippen LogP contribution in [0.15, 0.2) is 84.9 Å². The zero-order chi connectivity index (χ0) is 20.2. The van der Waals surface area contributed by atoms with Crippen LogP contribution in [0, 0.1) is 0 Å². The number of fused-ring (bicyclic) bond motifs is 1. The highest BCUT2D eigenvalue weighted by molar-refractivity contribution is 5.90. The monoisotopic (exact) mass is 431 g/mol. The number of rotatable bonds is 5. The summed E-state index contributed by atoms with van der Waals surface area (Å²) in [6, 6.07) is 29.2. The molecule has 3 aromatic carbocycles. The third-order valence-electron chi connectivity index (χ3n) is 5.58. The van der Waals surface area contributed by atoms with Crippen molar-refractivity contribution in [2.75, 3.05) is 41.3 Å². The fourth-order valence-electron chi connectivity index (χ4n) is 3.93. The minimum atomic E-state index is 0. The quantitative estimate of drug-likeness (QED) is 0.482. The van der Waals surface area contributed by atoms with Gasteiger partial charge in [0, 0.05) is 43.8 Å². The number of aromatic nitrogens is 2. The van der Waals surface area contributed by atoms with Crippen LogP contribution >= 0.6 is 12.4 Å². The van der Waals surface area contributed by atoms with E-state index in [1.54, 1.807) is 0 Å². The Labute approximate surface area is 189 Å². The molecule has 4 aromatic rings. The predicted octanol–water partition coefficient (Wildman–Crippen LogP) is 4.99. The minimum Gasteiger partial charge on any atom is -0.368 e. The number of anilines is 3. The van der Waals surface area contributed by atoms with E-state index in [9.17, 15) is 0 Å². The molecule has 0 spiro atoms. The summed E-state index contributed by atoms with van der Waals surface area (Å²) in [5, 5.41) is 4.59. The van der Waals surface area contributed by atoms with Gasteiger partial charge in [-0.3, -0.25) is 0 Å². The number of hydrogen-bond donors (Lipinski definition) is 1. The number of halogens is 1. The van der Waals surface area contributed by atoms with E-state index >= 15 is 0 Å². The van der Waals surface area contributed by atoms with Gasteiger partial charge in [0.1, 0.15) is 5.82 Å². The molecule has 0 bridgehead atoms. The van der Waals surface area contributed by atoms with Gasteiger partial charge >= 0.3 is 0 Å². The number of nitrogens with one attached hydrogen (secondary N) is 1. The molecule has 158 valence electrons. The van der Waals surface area contributed by atoms with Crippen LogP contribution in [0.3, 0.4) is 0 Å². The molecule has 1 fully saturated rings. The Morgan fingerprint density at radius 3 is 2.03 bits per heavy atom. The van der Waals surface area contributed by atoms with Crippen molar-refractivity contribution in [3.63, 3.8) is 0 Å². The van der Waals surface area contributed by atoms with Crippen LogP contribution in [0.2, 0.25) is 0 Å². The predicted molar refractivity (Wildman–Crippen MR) is 131 cm³/mol. The molecule has 0 radical (unpaired) electrons. The van der Waals surface area contributed by atoms with Gasteiger partial charge in [-0.25, -0.2) is 4.98 Å². The smallest absolute Gasteiger partial charge is 0.228 e. The van der Waals surface area contributed by atoms with E-state index in [1.807, 2.05) is 18.2 Å². The van der Waals surface area contributed by atoms with Gasteiger partial charge < -0.3 is 15.1 Å². The first kappa shape index (κ1) is 20.9. The van der Waals surface area contributed by atoms with E-state index < -0.39 is 0 Å². The zero-order valence-corrected chi connectivity index (χ0v) is 18.1. The SMILES string of the molecule is Cl.c1ccc(CNc2nc(N3CCN(c4ccccc4)CC3)nc3ccccc23)cc1. The molecular weight excluding hydrogens is 406 g/mol. The molecule has 1 N–H and O–H groups in total. The summed E-state index contributed by atoms with van der Waals surface area (Å²) in [6.07, 6.45) is 0. The molecule has 5 nitrogen and oxygen atoms in total. The van der Waals surface area contributed by atoms with Crippen molar-refractivity contribution in [2.24, 2.45) is 0 Å². The summed E-state index contributed by atoms with van der Waals surface area (Å²) in [6.45, 7) is 4.49. The molecule has 2 heterocycles. The van der Waals surface area contributed by atoms with Crippen LogP contribution in [0.25, 0.3) is 10.9 Å². The molecule has 1 aliphatic rings. The molecule has 5 rings (SSSR count). The molecule has 0 saturated carbocycles. The molecule has 1 saturated heterocycles. The summed E-state index contributed by atoms with van der Waals surface area (Å²) in [7, 11) is 0.